The largest absolute Gasteiger partial charge is 0.491 e. The average Bonchev–Trinajstić information content (AvgIpc) is 2.72. The Morgan fingerprint density at radius 3 is 2.46 bits per heavy atom. The summed E-state index contributed by atoms with van der Waals surface area (Å²) >= 11 is 0. The zero-order valence-electron chi connectivity index (χ0n) is 20.4. The first-order chi connectivity index (χ1) is 16.2. The molecule has 0 aliphatic carbocycles. The third-order valence-corrected chi connectivity index (χ3v) is 5.11. The number of aromatic nitrogens is 2. The van der Waals surface area contributed by atoms with E-state index in [1.54, 1.807) is 39.0 Å². The summed E-state index contributed by atoms with van der Waals surface area (Å²) in [4.78, 5) is 29.0. The first kappa shape index (κ1) is 26.3. The van der Waals surface area contributed by atoms with E-state index in [2.05, 4.69) is 10.3 Å². The summed E-state index contributed by atoms with van der Waals surface area (Å²) in [5.74, 6) is 0.521. The summed E-state index contributed by atoms with van der Waals surface area (Å²) < 4.78 is 51.8. The maximum absolute atomic E-state index is 13.3. The Hall–Kier alpha value is -3.30. The fourth-order valence-electron chi connectivity index (χ4n) is 3.85. The number of nitrogens with zero attached hydrogens (tertiary/aromatic N) is 2. The van der Waals surface area contributed by atoms with E-state index in [1.807, 2.05) is 13.8 Å². The quantitative estimate of drug-likeness (QED) is 0.444. The van der Waals surface area contributed by atoms with Gasteiger partial charge in [0.15, 0.2) is 0 Å². The number of hydrogen-bond donors (Lipinski definition) is 1. The summed E-state index contributed by atoms with van der Waals surface area (Å²) in [7, 11) is 0. The molecule has 35 heavy (non-hydrogen) atoms. The first-order valence-electron chi connectivity index (χ1n) is 11.3. The lowest BCUT2D eigenvalue weighted by Gasteiger charge is -2.25. The average molecular weight is 494 g/mol. The van der Waals surface area contributed by atoms with Crippen molar-refractivity contribution in [3.63, 3.8) is 0 Å². The lowest BCUT2D eigenvalue weighted by molar-refractivity contribution is -0.140. The van der Waals surface area contributed by atoms with Crippen molar-refractivity contribution in [2.24, 2.45) is 5.92 Å². The van der Waals surface area contributed by atoms with Gasteiger partial charge in [-0.05, 0) is 56.7 Å². The molecule has 3 rings (SSSR count). The Balaban J connectivity index is 1.94. The maximum atomic E-state index is 13.3. The Morgan fingerprint density at radius 2 is 1.83 bits per heavy atom. The molecule has 0 spiro atoms. The molecule has 2 heterocycles. The highest BCUT2D eigenvalue weighted by Crippen LogP contribution is 2.28. The molecular formula is C25H30F3N3O4. The van der Waals surface area contributed by atoms with E-state index in [9.17, 15) is 22.8 Å². The molecule has 0 unspecified atom stereocenters. The number of carbonyl (C=O) groups is 1. The first-order valence-corrected chi connectivity index (χ1v) is 11.3. The van der Waals surface area contributed by atoms with Gasteiger partial charge in [0.25, 0.3) is 5.56 Å². The van der Waals surface area contributed by atoms with Crippen molar-refractivity contribution < 1.29 is 27.4 Å². The molecule has 0 radical (unpaired) electrons. The van der Waals surface area contributed by atoms with Crippen LogP contribution in [-0.4, -0.2) is 40.1 Å². The van der Waals surface area contributed by atoms with Crippen LogP contribution in [0.5, 0.6) is 5.75 Å². The van der Waals surface area contributed by atoms with Gasteiger partial charge in [0.1, 0.15) is 24.5 Å². The van der Waals surface area contributed by atoms with Crippen molar-refractivity contribution in [2.45, 2.75) is 65.4 Å². The number of hydrogen-bond acceptors (Lipinski definition) is 5. The molecule has 0 bridgehead atoms. The van der Waals surface area contributed by atoms with Gasteiger partial charge in [-0.2, -0.15) is 13.2 Å². The zero-order valence-corrected chi connectivity index (χ0v) is 20.4. The van der Waals surface area contributed by atoms with Crippen molar-refractivity contribution in [3.05, 3.63) is 47.0 Å². The van der Waals surface area contributed by atoms with E-state index >= 15 is 0 Å². The normalized spacial score (nSPS) is 13.3. The van der Waals surface area contributed by atoms with Gasteiger partial charge in [0.05, 0.1) is 16.9 Å². The summed E-state index contributed by atoms with van der Waals surface area (Å²) in [5.41, 5.74) is -1.34. The van der Waals surface area contributed by atoms with Gasteiger partial charge in [-0.25, -0.2) is 4.79 Å². The molecule has 0 saturated carbocycles. The standard InChI is InChI=1S/C25H30F3N3O4/c1-15(2)10-16(30-23(33)35-24(3,4)5)13-34-17-6-7-19-18-8-9-29-12-20(18)22(32)31(21(19)11-17)14-25(26,27)28/h6-9,11-12,15-16H,10,13-14H2,1-5H3,(H,30,33)/t16-/m0/s1. The van der Waals surface area contributed by atoms with Crippen molar-refractivity contribution in [3.8, 4) is 5.75 Å². The molecule has 10 heteroatoms. The highest BCUT2D eigenvalue weighted by Gasteiger charge is 2.30. The molecule has 2 aromatic heterocycles. The summed E-state index contributed by atoms with van der Waals surface area (Å²) in [6.07, 6.45) is -1.82. The van der Waals surface area contributed by atoms with Crippen LogP contribution in [0.15, 0.2) is 41.5 Å². The van der Waals surface area contributed by atoms with Crippen LogP contribution in [0, 0.1) is 5.92 Å². The Bertz CT molecular complexity index is 1260. The van der Waals surface area contributed by atoms with Gasteiger partial charge in [0.2, 0.25) is 0 Å². The van der Waals surface area contributed by atoms with E-state index in [-0.39, 0.29) is 35.2 Å². The van der Waals surface area contributed by atoms with Gasteiger partial charge in [-0.3, -0.25) is 14.3 Å². The lowest BCUT2D eigenvalue weighted by Crippen LogP contribution is -2.42. The van der Waals surface area contributed by atoms with E-state index in [1.165, 1.54) is 18.5 Å². The number of benzene rings is 1. The van der Waals surface area contributed by atoms with Crippen LogP contribution in [0.1, 0.15) is 41.0 Å². The molecular weight excluding hydrogens is 463 g/mol. The molecule has 1 atom stereocenters. The fraction of sp³-hybridized carbons (Fsp3) is 0.480. The molecule has 1 aromatic carbocycles. The van der Waals surface area contributed by atoms with E-state index < -0.39 is 30.0 Å². The second-order valence-corrected chi connectivity index (χ2v) is 9.89. The number of rotatable bonds is 7. The predicted molar refractivity (Wildman–Crippen MR) is 128 cm³/mol. The number of alkyl halides is 3. The maximum Gasteiger partial charge on any atom is 0.407 e. The second-order valence-electron chi connectivity index (χ2n) is 9.89. The number of nitrogens with one attached hydrogen (secondary N) is 1. The number of carbonyl (C=O) groups excluding carboxylic acids is 1. The minimum Gasteiger partial charge on any atom is -0.491 e. The number of ether oxygens (including phenoxy) is 2. The number of alkyl carbamates (subject to hydrolysis) is 1. The zero-order chi connectivity index (χ0) is 26.0. The molecule has 1 N–H and O–H groups in total. The molecule has 0 aliphatic rings. The molecule has 3 aromatic rings. The summed E-state index contributed by atoms with van der Waals surface area (Å²) in [6.45, 7) is 7.91. The summed E-state index contributed by atoms with van der Waals surface area (Å²) in [6, 6.07) is 5.88. The van der Waals surface area contributed by atoms with Crippen LogP contribution in [0.4, 0.5) is 18.0 Å². The Kier molecular flexibility index (Phi) is 7.62. The Morgan fingerprint density at radius 1 is 1.11 bits per heavy atom. The van der Waals surface area contributed by atoms with Crippen molar-refractivity contribution in [1.29, 1.82) is 0 Å². The topological polar surface area (TPSA) is 82.5 Å². The molecule has 190 valence electrons. The third-order valence-electron chi connectivity index (χ3n) is 5.11. The van der Waals surface area contributed by atoms with Gasteiger partial charge in [0, 0.05) is 23.8 Å². The van der Waals surface area contributed by atoms with E-state index in [0.717, 1.165) is 0 Å². The number of amides is 1. The van der Waals surface area contributed by atoms with Crippen molar-refractivity contribution in [1.82, 2.24) is 14.9 Å². The van der Waals surface area contributed by atoms with E-state index in [4.69, 9.17) is 9.47 Å². The van der Waals surface area contributed by atoms with Crippen LogP contribution in [0.2, 0.25) is 0 Å². The second kappa shape index (κ2) is 10.1. The monoisotopic (exact) mass is 493 g/mol. The predicted octanol–water partition coefficient (Wildman–Crippen LogP) is 5.43. The SMILES string of the molecule is CC(C)C[C@@H](COc1ccc2c3ccncc3c(=O)n(CC(F)(F)F)c2c1)NC(=O)OC(C)(C)C. The minimum absolute atomic E-state index is 0.0733. The smallest absolute Gasteiger partial charge is 0.407 e. The minimum atomic E-state index is -4.59. The lowest BCUT2D eigenvalue weighted by atomic mass is 10.0. The van der Waals surface area contributed by atoms with E-state index in [0.29, 0.717) is 21.8 Å². The highest BCUT2D eigenvalue weighted by molar-refractivity contribution is 6.05. The highest BCUT2D eigenvalue weighted by atomic mass is 19.4. The molecule has 0 saturated heterocycles. The number of fused-ring (bicyclic) bond motifs is 3. The van der Waals surface area contributed by atoms with Crippen LogP contribution in [0.3, 0.4) is 0 Å². The number of halogens is 3. The molecule has 1 amide bonds. The van der Waals surface area contributed by atoms with Crippen LogP contribution < -0.4 is 15.6 Å². The number of pyridine rings is 2. The van der Waals surface area contributed by atoms with Gasteiger partial charge in [-0.15, -0.1) is 0 Å². The van der Waals surface area contributed by atoms with Crippen LogP contribution >= 0.6 is 0 Å². The summed E-state index contributed by atoms with van der Waals surface area (Å²) in [5, 5.41) is 3.88. The fourth-order valence-corrected chi connectivity index (χ4v) is 3.85. The third kappa shape index (κ3) is 7.10. The van der Waals surface area contributed by atoms with Gasteiger partial charge < -0.3 is 14.8 Å². The molecule has 0 aliphatic heterocycles. The van der Waals surface area contributed by atoms with Gasteiger partial charge >= 0.3 is 12.3 Å². The molecule has 0 fully saturated rings. The Labute approximate surface area is 201 Å². The van der Waals surface area contributed by atoms with Crippen molar-refractivity contribution in [2.75, 3.05) is 6.61 Å². The van der Waals surface area contributed by atoms with Gasteiger partial charge in [-0.1, -0.05) is 13.8 Å². The molecule has 7 nitrogen and oxygen atoms in total. The van der Waals surface area contributed by atoms with Crippen LogP contribution in [-0.2, 0) is 11.3 Å². The van der Waals surface area contributed by atoms with Crippen LogP contribution in [0.25, 0.3) is 21.7 Å². The van der Waals surface area contributed by atoms with Crippen molar-refractivity contribution >= 4 is 27.8 Å².